The Hall–Kier alpha value is -3.15. The van der Waals surface area contributed by atoms with Crippen LogP contribution in [0.5, 0.6) is 0 Å². The number of aromatic nitrogens is 2. The van der Waals surface area contributed by atoms with Crippen LogP contribution in [0.25, 0.3) is 5.57 Å². The molecular formula is C27H36FN7O3. The molecule has 204 valence electrons. The number of likely N-dealkylation sites (N-methyl/N-ethyl adjacent to an activating group) is 1. The van der Waals surface area contributed by atoms with Gasteiger partial charge in [0.05, 0.1) is 18.1 Å². The van der Waals surface area contributed by atoms with Gasteiger partial charge >= 0.3 is 0 Å². The summed E-state index contributed by atoms with van der Waals surface area (Å²) in [6.07, 6.45) is 6.32. The molecule has 5 rings (SSSR count). The maximum Gasteiger partial charge on any atom is 0.293 e. The Morgan fingerprint density at radius 1 is 1.08 bits per heavy atom. The predicted octanol–water partition coefficient (Wildman–Crippen LogP) is 3.18. The predicted molar refractivity (Wildman–Crippen MR) is 145 cm³/mol. The zero-order chi connectivity index (χ0) is 26.8. The van der Waals surface area contributed by atoms with Gasteiger partial charge in [0.25, 0.3) is 5.69 Å². The number of rotatable bonds is 6. The normalized spacial score (nSPS) is 23.4. The summed E-state index contributed by atoms with van der Waals surface area (Å²) in [5.41, 5.74) is 2.30. The Bertz CT molecular complexity index is 1170. The molecule has 0 N–H and O–H groups in total. The van der Waals surface area contributed by atoms with Crippen LogP contribution in [0.4, 0.5) is 21.7 Å². The van der Waals surface area contributed by atoms with Crippen molar-refractivity contribution in [3.8, 4) is 0 Å². The molecule has 0 radical (unpaired) electrons. The van der Waals surface area contributed by atoms with Crippen LogP contribution in [-0.4, -0.2) is 96.3 Å². The minimum Gasteiger partial charge on any atom is -0.379 e. The number of hydrogen-bond acceptors (Lipinski definition) is 9. The number of nitro benzene ring substituents is 1. The second-order valence-electron chi connectivity index (χ2n) is 10.6. The number of halogens is 1. The summed E-state index contributed by atoms with van der Waals surface area (Å²) in [6, 6.07) is 3.15. The lowest BCUT2D eigenvalue weighted by molar-refractivity contribution is -0.384. The first-order chi connectivity index (χ1) is 18.3. The SMILES string of the molecule is C[C@@H]1CN(c2cc(F)c(C3=CCCN(c4ncc(CN5CCOCC5)cn4)C3)cc2[N+](=O)[O-])C[C@H](C)N1C. The van der Waals surface area contributed by atoms with E-state index in [-0.39, 0.29) is 23.3 Å². The molecule has 4 heterocycles. The molecular weight excluding hydrogens is 489 g/mol. The van der Waals surface area contributed by atoms with E-state index in [9.17, 15) is 10.1 Å². The van der Waals surface area contributed by atoms with E-state index in [2.05, 4.69) is 33.6 Å². The third kappa shape index (κ3) is 5.64. The number of nitrogens with zero attached hydrogens (tertiary/aromatic N) is 7. The fourth-order valence-corrected chi connectivity index (χ4v) is 5.52. The number of benzene rings is 1. The van der Waals surface area contributed by atoms with Gasteiger partial charge in [0, 0.05) is 93.6 Å². The van der Waals surface area contributed by atoms with Crippen LogP contribution in [-0.2, 0) is 11.3 Å². The van der Waals surface area contributed by atoms with Gasteiger partial charge in [0.15, 0.2) is 0 Å². The van der Waals surface area contributed by atoms with Crippen molar-refractivity contribution in [3.63, 3.8) is 0 Å². The van der Waals surface area contributed by atoms with Crippen LogP contribution in [0.1, 0.15) is 31.4 Å². The van der Waals surface area contributed by atoms with Crippen LogP contribution in [0, 0.1) is 15.9 Å². The molecule has 10 nitrogen and oxygen atoms in total. The highest BCUT2D eigenvalue weighted by atomic mass is 19.1. The molecule has 2 aromatic rings. The molecule has 0 amide bonds. The Morgan fingerprint density at radius 2 is 1.76 bits per heavy atom. The van der Waals surface area contributed by atoms with E-state index >= 15 is 4.39 Å². The lowest BCUT2D eigenvalue weighted by atomic mass is 9.98. The quantitative estimate of drug-likeness (QED) is 0.417. The zero-order valence-corrected chi connectivity index (χ0v) is 22.3. The number of ether oxygens (including phenoxy) is 1. The highest BCUT2D eigenvalue weighted by Gasteiger charge is 2.32. The van der Waals surface area contributed by atoms with Gasteiger partial charge in [-0.1, -0.05) is 6.08 Å². The van der Waals surface area contributed by atoms with Crippen LogP contribution in [0.3, 0.4) is 0 Å². The standard InChI is InChI=1S/C27H36FN7O3/c1-19-15-34(16-20(2)31(19)3)25-12-24(28)23(11-26(25)35(36)37)22-5-4-6-33(18-22)27-29-13-21(14-30-27)17-32-7-9-38-10-8-32/h5,11-14,19-20H,4,6-10,15-18H2,1-3H3/t19-,20+. The van der Waals surface area contributed by atoms with Crippen molar-refractivity contribution in [3.05, 3.63) is 57.7 Å². The van der Waals surface area contributed by atoms with Crippen LogP contribution in [0.15, 0.2) is 30.6 Å². The average Bonchev–Trinajstić information content (AvgIpc) is 2.92. The first-order valence-corrected chi connectivity index (χ1v) is 13.3. The molecule has 1 aromatic carbocycles. The third-order valence-electron chi connectivity index (χ3n) is 7.94. The molecule has 11 heteroatoms. The number of hydrogen-bond donors (Lipinski definition) is 0. The van der Waals surface area contributed by atoms with Crippen molar-refractivity contribution >= 4 is 22.9 Å². The lowest BCUT2D eigenvalue weighted by Crippen LogP contribution is -2.55. The Morgan fingerprint density at radius 3 is 2.42 bits per heavy atom. The van der Waals surface area contributed by atoms with E-state index in [4.69, 9.17) is 4.74 Å². The van der Waals surface area contributed by atoms with Gasteiger partial charge in [-0.25, -0.2) is 14.4 Å². The Balaban J connectivity index is 1.33. The molecule has 0 bridgehead atoms. The lowest BCUT2D eigenvalue weighted by Gasteiger charge is -2.43. The highest BCUT2D eigenvalue weighted by Crippen LogP contribution is 2.36. The van der Waals surface area contributed by atoms with Gasteiger partial charge in [-0.05, 0) is 32.9 Å². The first-order valence-electron chi connectivity index (χ1n) is 13.3. The monoisotopic (exact) mass is 525 g/mol. The molecule has 2 saturated heterocycles. The van der Waals surface area contributed by atoms with E-state index in [0.717, 1.165) is 38.4 Å². The van der Waals surface area contributed by atoms with Crippen LogP contribution >= 0.6 is 0 Å². The van der Waals surface area contributed by atoms with E-state index in [0.29, 0.717) is 49.8 Å². The Labute approximate surface area is 222 Å². The largest absolute Gasteiger partial charge is 0.379 e. The molecule has 3 aliphatic rings. The topological polar surface area (TPSA) is 91.1 Å². The minimum absolute atomic E-state index is 0.0629. The van der Waals surface area contributed by atoms with Crippen molar-refractivity contribution in [1.29, 1.82) is 0 Å². The second-order valence-corrected chi connectivity index (χ2v) is 10.6. The van der Waals surface area contributed by atoms with Crippen LogP contribution < -0.4 is 9.80 Å². The molecule has 38 heavy (non-hydrogen) atoms. The van der Waals surface area contributed by atoms with Crippen molar-refractivity contribution in [2.24, 2.45) is 0 Å². The van der Waals surface area contributed by atoms with Gasteiger partial charge < -0.3 is 14.5 Å². The summed E-state index contributed by atoms with van der Waals surface area (Å²) in [6.45, 7) is 10.5. The number of morpholine rings is 1. The fourth-order valence-electron chi connectivity index (χ4n) is 5.52. The number of anilines is 2. The summed E-state index contributed by atoms with van der Waals surface area (Å²) in [4.78, 5) is 29.3. The van der Waals surface area contributed by atoms with Gasteiger partial charge in [-0.3, -0.25) is 19.9 Å². The number of piperazine rings is 1. The summed E-state index contributed by atoms with van der Waals surface area (Å²) in [7, 11) is 2.05. The zero-order valence-electron chi connectivity index (χ0n) is 22.3. The van der Waals surface area contributed by atoms with E-state index < -0.39 is 10.7 Å². The molecule has 0 unspecified atom stereocenters. The van der Waals surface area contributed by atoms with Crippen LogP contribution in [0.2, 0.25) is 0 Å². The molecule has 1 aromatic heterocycles. The van der Waals surface area contributed by atoms with Gasteiger partial charge in [0.2, 0.25) is 5.95 Å². The average molecular weight is 526 g/mol. The second kappa shape index (κ2) is 11.3. The minimum atomic E-state index is -0.445. The highest BCUT2D eigenvalue weighted by molar-refractivity contribution is 5.77. The summed E-state index contributed by atoms with van der Waals surface area (Å²) < 4.78 is 21.0. The molecule has 3 aliphatic heterocycles. The number of nitro groups is 1. The summed E-state index contributed by atoms with van der Waals surface area (Å²) >= 11 is 0. The van der Waals surface area contributed by atoms with Gasteiger partial charge in [-0.15, -0.1) is 0 Å². The molecule has 0 spiro atoms. The smallest absolute Gasteiger partial charge is 0.293 e. The van der Waals surface area contributed by atoms with Crippen molar-refractivity contribution in [2.45, 2.75) is 38.9 Å². The van der Waals surface area contributed by atoms with E-state index in [1.807, 2.05) is 35.3 Å². The van der Waals surface area contributed by atoms with E-state index in [1.54, 1.807) is 0 Å². The third-order valence-corrected chi connectivity index (χ3v) is 7.94. The maximum absolute atomic E-state index is 15.5. The van der Waals surface area contributed by atoms with Crippen molar-refractivity contribution in [2.75, 3.05) is 69.3 Å². The first kappa shape index (κ1) is 26.5. The fraction of sp³-hybridized carbons (Fsp3) is 0.556. The summed E-state index contributed by atoms with van der Waals surface area (Å²) in [5.74, 6) is 0.132. The molecule has 0 aliphatic carbocycles. The van der Waals surface area contributed by atoms with Crippen molar-refractivity contribution in [1.82, 2.24) is 19.8 Å². The Kier molecular flexibility index (Phi) is 7.87. The molecule has 2 fully saturated rings. The molecule has 0 saturated carbocycles. The van der Waals surface area contributed by atoms with Gasteiger partial charge in [-0.2, -0.15) is 0 Å². The molecule has 2 atom stereocenters. The van der Waals surface area contributed by atoms with Gasteiger partial charge in [0.1, 0.15) is 11.5 Å². The maximum atomic E-state index is 15.5. The van der Waals surface area contributed by atoms with E-state index in [1.165, 1.54) is 12.1 Å². The van der Waals surface area contributed by atoms with Crippen molar-refractivity contribution < 1.29 is 14.1 Å². The summed E-state index contributed by atoms with van der Waals surface area (Å²) in [5, 5.41) is 12.1.